The van der Waals surface area contributed by atoms with E-state index in [-0.39, 0.29) is 0 Å². The molecule has 22 heavy (non-hydrogen) atoms. The molecule has 5 nitrogen and oxygen atoms in total. The minimum atomic E-state index is 0.538. The molecule has 1 unspecified atom stereocenters. The topological polar surface area (TPSA) is 46.0 Å². The fourth-order valence-corrected chi connectivity index (χ4v) is 3.81. The number of hydrogen-bond acceptors (Lipinski definition) is 4. The van der Waals surface area contributed by atoms with Crippen molar-refractivity contribution in [3.05, 3.63) is 24.2 Å². The van der Waals surface area contributed by atoms with Crippen LogP contribution in [0.5, 0.6) is 0 Å². The first-order valence-corrected chi connectivity index (χ1v) is 8.66. The lowest BCUT2D eigenvalue weighted by Crippen LogP contribution is -2.33. The molecule has 118 valence electrons. The van der Waals surface area contributed by atoms with E-state index < -0.39 is 0 Å². The fourth-order valence-electron chi connectivity index (χ4n) is 3.81. The molecule has 2 fully saturated rings. The maximum atomic E-state index is 4.90. The molecule has 4 rings (SSSR count). The van der Waals surface area contributed by atoms with Crippen molar-refractivity contribution in [1.82, 2.24) is 24.8 Å². The minimum absolute atomic E-state index is 0.538. The van der Waals surface area contributed by atoms with Gasteiger partial charge in [-0.2, -0.15) is 0 Å². The molecule has 0 aliphatic carbocycles. The van der Waals surface area contributed by atoms with Gasteiger partial charge in [0.1, 0.15) is 11.3 Å². The summed E-state index contributed by atoms with van der Waals surface area (Å²) in [6.45, 7) is 6.79. The van der Waals surface area contributed by atoms with E-state index >= 15 is 0 Å². The Kier molecular flexibility index (Phi) is 4.08. The second kappa shape index (κ2) is 6.34. The van der Waals surface area contributed by atoms with E-state index in [0.29, 0.717) is 5.92 Å². The number of likely N-dealkylation sites (tertiary alicyclic amines) is 1. The van der Waals surface area contributed by atoms with E-state index in [2.05, 4.69) is 25.8 Å². The number of nitrogens with one attached hydrogen (secondary N) is 1. The van der Waals surface area contributed by atoms with Gasteiger partial charge in [0.15, 0.2) is 5.65 Å². The summed E-state index contributed by atoms with van der Waals surface area (Å²) in [5, 5.41) is 3.46. The molecule has 4 heterocycles. The van der Waals surface area contributed by atoms with Gasteiger partial charge >= 0.3 is 0 Å². The molecule has 5 heteroatoms. The number of imidazole rings is 1. The maximum absolute atomic E-state index is 4.90. The maximum Gasteiger partial charge on any atom is 0.160 e. The van der Waals surface area contributed by atoms with Crippen LogP contribution in [0.3, 0.4) is 0 Å². The van der Waals surface area contributed by atoms with Gasteiger partial charge in [-0.05, 0) is 51.0 Å². The lowest BCUT2D eigenvalue weighted by molar-refractivity contribution is 0.220. The number of piperidine rings is 1. The van der Waals surface area contributed by atoms with Crippen LogP contribution >= 0.6 is 0 Å². The zero-order valence-corrected chi connectivity index (χ0v) is 13.2. The van der Waals surface area contributed by atoms with Gasteiger partial charge in [-0.1, -0.05) is 6.42 Å². The number of pyridine rings is 1. The van der Waals surface area contributed by atoms with Gasteiger partial charge in [0.25, 0.3) is 0 Å². The summed E-state index contributed by atoms with van der Waals surface area (Å²) in [4.78, 5) is 12.1. The molecular weight excluding hydrogens is 274 g/mol. The third kappa shape index (κ3) is 2.75. The predicted octanol–water partition coefficient (Wildman–Crippen LogP) is 1.99. The smallest absolute Gasteiger partial charge is 0.160 e. The van der Waals surface area contributed by atoms with Crippen LogP contribution in [0.4, 0.5) is 0 Å². The molecule has 2 aromatic rings. The standard InChI is InChI=1S/C17H25N5/c1-2-9-21(10-3-1)11-12-22-16(14-6-8-18-13-14)20-15-5-4-7-19-17(15)22/h4-5,7,14,18H,1-3,6,8-13H2. The fraction of sp³-hybridized carbons (Fsp3) is 0.647. The molecule has 0 amide bonds. The van der Waals surface area contributed by atoms with Crippen LogP contribution < -0.4 is 5.32 Å². The predicted molar refractivity (Wildman–Crippen MR) is 88.0 cm³/mol. The Morgan fingerprint density at radius 2 is 2.09 bits per heavy atom. The summed E-state index contributed by atoms with van der Waals surface area (Å²) in [5.74, 6) is 1.77. The lowest BCUT2D eigenvalue weighted by Gasteiger charge is -2.27. The number of aromatic nitrogens is 3. The number of rotatable bonds is 4. The molecule has 2 saturated heterocycles. The summed E-state index contributed by atoms with van der Waals surface area (Å²) >= 11 is 0. The zero-order valence-electron chi connectivity index (χ0n) is 13.2. The average Bonchev–Trinajstić information content (AvgIpc) is 3.21. The molecule has 0 spiro atoms. The van der Waals surface area contributed by atoms with Crippen LogP contribution in [-0.2, 0) is 6.54 Å². The third-order valence-electron chi connectivity index (χ3n) is 5.05. The van der Waals surface area contributed by atoms with Crippen molar-refractivity contribution in [3.8, 4) is 0 Å². The highest BCUT2D eigenvalue weighted by Gasteiger charge is 2.24. The van der Waals surface area contributed by atoms with Crippen LogP contribution in [0, 0.1) is 0 Å². The highest BCUT2D eigenvalue weighted by molar-refractivity contribution is 5.71. The van der Waals surface area contributed by atoms with Gasteiger partial charge in [0, 0.05) is 31.7 Å². The van der Waals surface area contributed by atoms with Crippen molar-refractivity contribution in [2.75, 3.05) is 32.7 Å². The minimum Gasteiger partial charge on any atom is -0.316 e. The molecule has 2 aliphatic heterocycles. The molecule has 1 atom stereocenters. The van der Waals surface area contributed by atoms with Crippen molar-refractivity contribution >= 4 is 11.2 Å². The van der Waals surface area contributed by atoms with E-state index in [9.17, 15) is 0 Å². The summed E-state index contributed by atoms with van der Waals surface area (Å²) in [7, 11) is 0. The molecule has 2 aliphatic rings. The Balaban J connectivity index is 1.60. The molecule has 2 aromatic heterocycles. The van der Waals surface area contributed by atoms with Gasteiger partial charge in [0.05, 0.1) is 0 Å². The normalized spacial score (nSPS) is 23.4. The number of nitrogens with zero attached hydrogens (tertiary/aromatic N) is 4. The van der Waals surface area contributed by atoms with E-state index in [0.717, 1.165) is 37.3 Å². The summed E-state index contributed by atoms with van der Waals surface area (Å²) in [6, 6.07) is 4.08. The Hall–Kier alpha value is -1.46. The highest BCUT2D eigenvalue weighted by Crippen LogP contribution is 2.25. The van der Waals surface area contributed by atoms with Crippen LogP contribution in [0.1, 0.15) is 37.4 Å². The summed E-state index contributed by atoms with van der Waals surface area (Å²) < 4.78 is 2.38. The van der Waals surface area contributed by atoms with E-state index in [1.807, 2.05) is 12.3 Å². The van der Waals surface area contributed by atoms with E-state index in [4.69, 9.17) is 4.98 Å². The Labute approximate surface area is 131 Å². The van der Waals surface area contributed by atoms with Crippen LogP contribution in [0.15, 0.2) is 18.3 Å². The van der Waals surface area contributed by atoms with E-state index in [1.165, 1.54) is 44.6 Å². The van der Waals surface area contributed by atoms with Crippen molar-refractivity contribution < 1.29 is 0 Å². The zero-order chi connectivity index (χ0) is 14.8. The molecule has 0 radical (unpaired) electrons. The van der Waals surface area contributed by atoms with Gasteiger partial charge in [-0.25, -0.2) is 9.97 Å². The van der Waals surface area contributed by atoms with Gasteiger partial charge < -0.3 is 14.8 Å². The van der Waals surface area contributed by atoms with Gasteiger partial charge in [0.2, 0.25) is 0 Å². The highest BCUT2D eigenvalue weighted by atomic mass is 15.2. The molecule has 1 N–H and O–H groups in total. The second-order valence-electron chi connectivity index (χ2n) is 6.56. The molecule has 0 aromatic carbocycles. The van der Waals surface area contributed by atoms with Crippen molar-refractivity contribution in [2.24, 2.45) is 0 Å². The Morgan fingerprint density at radius 1 is 1.18 bits per heavy atom. The molecule has 0 saturated carbocycles. The largest absolute Gasteiger partial charge is 0.316 e. The molecular formula is C17H25N5. The quantitative estimate of drug-likeness (QED) is 0.938. The summed E-state index contributed by atoms with van der Waals surface area (Å²) in [5.41, 5.74) is 2.10. The van der Waals surface area contributed by atoms with E-state index in [1.54, 1.807) is 0 Å². The van der Waals surface area contributed by atoms with Crippen LogP contribution in [0.25, 0.3) is 11.2 Å². The Morgan fingerprint density at radius 3 is 2.91 bits per heavy atom. The number of fused-ring (bicyclic) bond motifs is 1. The lowest BCUT2D eigenvalue weighted by atomic mass is 10.1. The monoisotopic (exact) mass is 299 g/mol. The van der Waals surface area contributed by atoms with Crippen molar-refractivity contribution in [1.29, 1.82) is 0 Å². The first kappa shape index (κ1) is 14.2. The first-order valence-electron chi connectivity index (χ1n) is 8.66. The third-order valence-corrected chi connectivity index (χ3v) is 5.05. The first-order chi connectivity index (χ1) is 10.9. The summed E-state index contributed by atoms with van der Waals surface area (Å²) in [6.07, 6.45) is 7.17. The average molecular weight is 299 g/mol. The Bertz CT molecular complexity index is 623. The SMILES string of the molecule is c1cnc2c(c1)nc(C1CCNC1)n2CCN1CCCCC1. The van der Waals surface area contributed by atoms with Crippen molar-refractivity contribution in [3.63, 3.8) is 0 Å². The second-order valence-corrected chi connectivity index (χ2v) is 6.56. The van der Waals surface area contributed by atoms with Gasteiger partial charge in [-0.15, -0.1) is 0 Å². The van der Waals surface area contributed by atoms with Crippen LogP contribution in [-0.4, -0.2) is 52.2 Å². The van der Waals surface area contributed by atoms with Crippen LogP contribution in [0.2, 0.25) is 0 Å². The number of hydrogen-bond donors (Lipinski definition) is 1. The van der Waals surface area contributed by atoms with Gasteiger partial charge in [-0.3, -0.25) is 0 Å². The molecule has 0 bridgehead atoms. The van der Waals surface area contributed by atoms with Crippen molar-refractivity contribution in [2.45, 2.75) is 38.1 Å².